The molecular formula is C9H10ClNO. The molecule has 12 heavy (non-hydrogen) atoms. The third-order valence-corrected chi connectivity index (χ3v) is 2.30. The van der Waals surface area contributed by atoms with Crippen LogP contribution in [0.25, 0.3) is 0 Å². The SMILES string of the molecule is N[C@@H]1COCc2ccc(Cl)cc21. The van der Waals surface area contributed by atoms with Gasteiger partial charge in [0.1, 0.15) is 0 Å². The van der Waals surface area contributed by atoms with Crippen molar-refractivity contribution in [2.24, 2.45) is 5.73 Å². The molecule has 0 radical (unpaired) electrons. The van der Waals surface area contributed by atoms with E-state index in [1.807, 2.05) is 18.2 Å². The summed E-state index contributed by atoms with van der Waals surface area (Å²) in [4.78, 5) is 0. The molecule has 0 amide bonds. The lowest BCUT2D eigenvalue weighted by atomic mass is 10.00. The molecule has 1 aliphatic heterocycles. The van der Waals surface area contributed by atoms with Crippen molar-refractivity contribution in [3.05, 3.63) is 34.3 Å². The van der Waals surface area contributed by atoms with Gasteiger partial charge in [-0.05, 0) is 23.3 Å². The van der Waals surface area contributed by atoms with Crippen LogP contribution in [0.1, 0.15) is 17.2 Å². The van der Waals surface area contributed by atoms with Gasteiger partial charge in [-0.2, -0.15) is 0 Å². The van der Waals surface area contributed by atoms with Gasteiger partial charge < -0.3 is 10.5 Å². The first-order chi connectivity index (χ1) is 5.77. The van der Waals surface area contributed by atoms with E-state index in [1.165, 1.54) is 0 Å². The van der Waals surface area contributed by atoms with Crippen molar-refractivity contribution in [1.29, 1.82) is 0 Å². The van der Waals surface area contributed by atoms with Crippen molar-refractivity contribution < 1.29 is 4.74 Å². The summed E-state index contributed by atoms with van der Waals surface area (Å²) in [5, 5.41) is 0.742. The summed E-state index contributed by atoms with van der Waals surface area (Å²) in [5.41, 5.74) is 8.10. The molecule has 0 spiro atoms. The van der Waals surface area contributed by atoms with Crippen LogP contribution < -0.4 is 5.73 Å². The van der Waals surface area contributed by atoms with Crippen molar-refractivity contribution >= 4 is 11.6 Å². The van der Waals surface area contributed by atoms with Gasteiger partial charge in [-0.25, -0.2) is 0 Å². The van der Waals surface area contributed by atoms with E-state index in [2.05, 4.69) is 0 Å². The molecular weight excluding hydrogens is 174 g/mol. The maximum Gasteiger partial charge on any atom is 0.0721 e. The van der Waals surface area contributed by atoms with Crippen LogP contribution in [0.5, 0.6) is 0 Å². The molecule has 2 N–H and O–H groups in total. The fraction of sp³-hybridized carbons (Fsp3) is 0.333. The summed E-state index contributed by atoms with van der Waals surface area (Å²) < 4.78 is 5.28. The van der Waals surface area contributed by atoms with Crippen LogP contribution in [0.2, 0.25) is 5.02 Å². The molecule has 1 heterocycles. The van der Waals surface area contributed by atoms with Crippen LogP contribution in [0.15, 0.2) is 18.2 Å². The Bertz CT molecular complexity index is 301. The van der Waals surface area contributed by atoms with E-state index < -0.39 is 0 Å². The molecule has 0 aliphatic carbocycles. The summed E-state index contributed by atoms with van der Waals surface area (Å²) in [6.07, 6.45) is 0. The molecule has 1 aromatic rings. The van der Waals surface area contributed by atoms with Crippen molar-refractivity contribution in [3.63, 3.8) is 0 Å². The second-order valence-electron chi connectivity index (χ2n) is 2.96. The van der Waals surface area contributed by atoms with Gasteiger partial charge in [0.25, 0.3) is 0 Å². The minimum Gasteiger partial charge on any atom is -0.375 e. The highest BCUT2D eigenvalue weighted by atomic mass is 35.5. The smallest absolute Gasteiger partial charge is 0.0721 e. The first-order valence-electron chi connectivity index (χ1n) is 3.89. The number of fused-ring (bicyclic) bond motifs is 1. The highest BCUT2D eigenvalue weighted by molar-refractivity contribution is 6.30. The number of ether oxygens (including phenoxy) is 1. The highest BCUT2D eigenvalue weighted by Gasteiger charge is 2.16. The second-order valence-corrected chi connectivity index (χ2v) is 3.40. The molecule has 1 aromatic carbocycles. The Labute approximate surface area is 76.3 Å². The Kier molecular flexibility index (Phi) is 2.05. The van der Waals surface area contributed by atoms with Crippen LogP contribution in [0.4, 0.5) is 0 Å². The van der Waals surface area contributed by atoms with E-state index in [9.17, 15) is 0 Å². The Morgan fingerprint density at radius 1 is 1.50 bits per heavy atom. The molecule has 64 valence electrons. The van der Waals surface area contributed by atoms with Gasteiger partial charge in [0.2, 0.25) is 0 Å². The predicted octanol–water partition coefficient (Wildman–Crippen LogP) is 1.87. The maximum atomic E-state index is 5.85. The molecule has 0 bridgehead atoms. The minimum atomic E-state index is -0.0209. The number of benzene rings is 1. The summed E-state index contributed by atoms with van der Waals surface area (Å²) in [7, 11) is 0. The molecule has 0 saturated carbocycles. The van der Waals surface area contributed by atoms with Crippen LogP contribution in [0, 0.1) is 0 Å². The van der Waals surface area contributed by atoms with Gasteiger partial charge in [-0.1, -0.05) is 17.7 Å². The van der Waals surface area contributed by atoms with Gasteiger partial charge in [-0.3, -0.25) is 0 Å². The van der Waals surface area contributed by atoms with Gasteiger partial charge in [-0.15, -0.1) is 0 Å². The van der Waals surface area contributed by atoms with Crippen molar-refractivity contribution in [2.45, 2.75) is 12.6 Å². The maximum absolute atomic E-state index is 5.85. The molecule has 0 unspecified atom stereocenters. The largest absolute Gasteiger partial charge is 0.375 e. The van der Waals surface area contributed by atoms with Crippen molar-refractivity contribution in [3.8, 4) is 0 Å². The van der Waals surface area contributed by atoms with Crippen molar-refractivity contribution in [2.75, 3.05) is 6.61 Å². The third kappa shape index (κ3) is 1.33. The predicted molar refractivity (Wildman–Crippen MR) is 48.0 cm³/mol. The average molecular weight is 184 g/mol. The van der Waals surface area contributed by atoms with E-state index in [1.54, 1.807) is 0 Å². The second kappa shape index (κ2) is 3.05. The number of halogens is 1. The standard InChI is InChI=1S/C9H10ClNO/c10-7-2-1-6-4-12-5-9(11)8(6)3-7/h1-3,9H,4-5,11H2/t9-/m1/s1. The molecule has 2 nitrogen and oxygen atoms in total. The third-order valence-electron chi connectivity index (χ3n) is 2.06. The van der Waals surface area contributed by atoms with E-state index in [0.717, 1.165) is 16.1 Å². The highest BCUT2D eigenvalue weighted by Crippen LogP contribution is 2.25. The molecule has 1 atom stereocenters. The molecule has 1 aliphatic rings. The topological polar surface area (TPSA) is 35.2 Å². The molecule has 3 heteroatoms. The first-order valence-corrected chi connectivity index (χ1v) is 4.27. The van der Waals surface area contributed by atoms with Gasteiger partial charge >= 0.3 is 0 Å². The summed E-state index contributed by atoms with van der Waals surface area (Å²) in [6.45, 7) is 1.24. The zero-order valence-electron chi connectivity index (χ0n) is 6.59. The average Bonchev–Trinajstić information content (AvgIpc) is 2.07. The lowest BCUT2D eigenvalue weighted by Gasteiger charge is -2.22. The molecule has 2 rings (SSSR count). The lowest BCUT2D eigenvalue weighted by molar-refractivity contribution is 0.0924. The van der Waals surface area contributed by atoms with Gasteiger partial charge in [0.15, 0.2) is 0 Å². The first kappa shape index (κ1) is 8.05. The normalized spacial score (nSPS) is 22.0. The minimum absolute atomic E-state index is 0.0209. The quantitative estimate of drug-likeness (QED) is 0.667. The van der Waals surface area contributed by atoms with Gasteiger partial charge in [0.05, 0.1) is 19.3 Å². The Morgan fingerprint density at radius 2 is 2.33 bits per heavy atom. The molecule has 0 aromatic heterocycles. The number of rotatable bonds is 0. The van der Waals surface area contributed by atoms with E-state index in [0.29, 0.717) is 13.2 Å². The Balaban J connectivity index is 2.47. The fourth-order valence-electron chi connectivity index (χ4n) is 1.43. The summed E-state index contributed by atoms with van der Waals surface area (Å²) in [5.74, 6) is 0. The van der Waals surface area contributed by atoms with Crippen LogP contribution in [-0.2, 0) is 11.3 Å². The number of hydrogen-bond donors (Lipinski definition) is 1. The number of hydrogen-bond acceptors (Lipinski definition) is 2. The van der Waals surface area contributed by atoms with E-state index >= 15 is 0 Å². The monoisotopic (exact) mass is 183 g/mol. The Morgan fingerprint density at radius 3 is 3.17 bits per heavy atom. The zero-order valence-corrected chi connectivity index (χ0v) is 7.34. The van der Waals surface area contributed by atoms with E-state index in [-0.39, 0.29) is 6.04 Å². The lowest BCUT2D eigenvalue weighted by Crippen LogP contribution is -2.23. The van der Waals surface area contributed by atoms with E-state index in [4.69, 9.17) is 22.1 Å². The summed E-state index contributed by atoms with van der Waals surface area (Å²) in [6, 6.07) is 5.73. The van der Waals surface area contributed by atoms with Crippen LogP contribution in [0.3, 0.4) is 0 Å². The van der Waals surface area contributed by atoms with Gasteiger partial charge in [0, 0.05) is 5.02 Å². The summed E-state index contributed by atoms with van der Waals surface area (Å²) >= 11 is 5.85. The van der Waals surface area contributed by atoms with Crippen LogP contribution >= 0.6 is 11.6 Å². The Hall–Kier alpha value is -0.570. The molecule has 0 fully saturated rings. The fourth-order valence-corrected chi connectivity index (χ4v) is 1.61. The number of nitrogens with two attached hydrogens (primary N) is 1. The molecule has 0 saturated heterocycles. The van der Waals surface area contributed by atoms with Crippen LogP contribution in [-0.4, -0.2) is 6.61 Å². The zero-order chi connectivity index (χ0) is 8.55. The van der Waals surface area contributed by atoms with Crippen molar-refractivity contribution in [1.82, 2.24) is 0 Å².